The summed E-state index contributed by atoms with van der Waals surface area (Å²) in [6.45, 7) is 0. The van der Waals surface area contributed by atoms with Crippen LogP contribution in [0.25, 0.3) is 10.9 Å². The Balaban J connectivity index is 2.84. The molecule has 0 atom stereocenters. The number of alkyl halides is 1. The Labute approximate surface area is 89.9 Å². The van der Waals surface area contributed by atoms with E-state index in [2.05, 4.69) is 20.9 Å². The summed E-state index contributed by atoms with van der Waals surface area (Å²) >= 11 is 9.44. The van der Waals surface area contributed by atoms with E-state index >= 15 is 0 Å². The summed E-state index contributed by atoms with van der Waals surface area (Å²) in [5.74, 6) is 0. The topological polar surface area (TPSA) is 12.9 Å². The molecule has 1 nitrogen and oxygen atoms in total. The van der Waals surface area contributed by atoms with Crippen molar-refractivity contribution in [1.29, 1.82) is 0 Å². The molecule has 2 rings (SSSR count). The van der Waals surface area contributed by atoms with Gasteiger partial charge in [-0.2, -0.15) is 0 Å². The molecule has 0 aliphatic carbocycles. The smallest absolute Gasteiger partial charge is 0.0757 e. The minimum Gasteiger partial charge on any atom is -0.256 e. The average molecular weight is 257 g/mol. The molecule has 66 valence electrons. The molecule has 0 unspecified atom stereocenters. The third kappa shape index (κ3) is 1.56. The van der Waals surface area contributed by atoms with Crippen LogP contribution in [0.4, 0.5) is 0 Å². The molecule has 3 heteroatoms. The largest absolute Gasteiger partial charge is 0.256 e. The highest BCUT2D eigenvalue weighted by Crippen LogP contribution is 2.26. The van der Waals surface area contributed by atoms with E-state index in [9.17, 15) is 0 Å². The lowest BCUT2D eigenvalue weighted by Crippen LogP contribution is -1.86. The summed E-state index contributed by atoms with van der Waals surface area (Å²) in [4.78, 5) is 4.30. The number of benzene rings is 1. The number of pyridine rings is 1. The first-order valence-corrected chi connectivity index (χ1v) is 5.41. The molecule has 13 heavy (non-hydrogen) atoms. The van der Waals surface area contributed by atoms with Gasteiger partial charge in [0, 0.05) is 27.5 Å². The van der Waals surface area contributed by atoms with Crippen LogP contribution in [0.5, 0.6) is 0 Å². The minimum absolute atomic E-state index is 0.736. The van der Waals surface area contributed by atoms with Gasteiger partial charge in [0.15, 0.2) is 0 Å². The lowest BCUT2D eigenvalue weighted by Gasteiger charge is -2.03. The second kappa shape index (κ2) is 3.64. The molecule has 1 aromatic carbocycles. The zero-order valence-electron chi connectivity index (χ0n) is 6.80. The van der Waals surface area contributed by atoms with Gasteiger partial charge in [-0.05, 0) is 12.1 Å². The van der Waals surface area contributed by atoms with Crippen molar-refractivity contribution in [2.75, 3.05) is 0 Å². The zero-order chi connectivity index (χ0) is 9.26. The first-order chi connectivity index (χ1) is 6.33. The maximum absolute atomic E-state index is 6.03. The first kappa shape index (κ1) is 8.97. The van der Waals surface area contributed by atoms with E-state index in [-0.39, 0.29) is 0 Å². The van der Waals surface area contributed by atoms with Gasteiger partial charge in [0.25, 0.3) is 0 Å². The lowest BCUT2D eigenvalue weighted by atomic mass is 10.1. The van der Waals surface area contributed by atoms with Gasteiger partial charge in [-0.3, -0.25) is 4.98 Å². The predicted molar refractivity (Wildman–Crippen MR) is 59.4 cm³/mol. The fourth-order valence-electron chi connectivity index (χ4n) is 1.31. The molecule has 1 aromatic heterocycles. The van der Waals surface area contributed by atoms with Gasteiger partial charge in [0.1, 0.15) is 0 Å². The molecule has 0 fully saturated rings. The molecule has 0 aliphatic heterocycles. The summed E-state index contributed by atoms with van der Waals surface area (Å²) in [5, 5.41) is 2.63. The Kier molecular flexibility index (Phi) is 2.51. The van der Waals surface area contributed by atoms with Crippen molar-refractivity contribution < 1.29 is 0 Å². The number of hydrogen-bond acceptors (Lipinski definition) is 1. The van der Waals surface area contributed by atoms with Crippen LogP contribution in [-0.2, 0) is 5.33 Å². The zero-order valence-corrected chi connectivity index (χ0v) is 9.14. The molecule has 0 amide bonds. The molecule has 1 heterocycles. The molecular weight excluding hydrogens is 249 g/mol. The summed E-state index contributed by atoms with van der Waals surface area (Å²) in [6, 6.07) is 7.85. The third-order valence-corrected chi connectivity index (χ3v) is 2.87. The van der Waals surface area contributed by atoms with Gasteiger partial charge in [-0.1, -0.05) is 39.7 Å². The van der Waals surface area contributed by atoms with E-state index in [4.69, 9.17) is 11.6 Å². The van der Waals surface area contributed by atoms with Crippen molar-refractivity contribution >= 4 is 38.4 Å². The van der Waals surface area contributed by atoms with Crippen molar-refractivity contribution in [1.82, 2.24) is 4.98 Å². The third-order valence-electron chi connectivity index (χ3n) is 1.96. The number of fused-ring (bicyclic) bond motifs is 1. The van der Waals surface area contributed by atoms with Gasteiger partial charge in [-0.15, -0.1) is 0 Å². The highest BCUT2D eigenvalue weighted by Gasteiger charge is 2.04. The lowest BCUT2D eigenvalue weighted by molar-refractivity contribution is 1.35. The quantitative estimate of drug-likeness (QED) is 0.708. The SMILES string of the molecule is Clc1ccc2cccnc2c1CBr. The molecule has 2 aromatic rings. The van der Waals surface area contributed by atoms with Crippen LogP contribution in [0.1, 0.15) is 5.56 Å². The molecule has 0 saturated heterocycles. The summed E-state index contributed by atoms with van der Waals surface area (Å²) in [6.07, 6.45) is 1.78. The van der Waals surface area contributed by atoms with Crippen molar-refractivity contribution in [3.05, 3.63) is 41.0 Å². The van der Waals surface area contributed by atoms with Crippen LogP contribution >= 0.6 is 27.5 Å². The molecule has 0 saturated carbocycles. The Morgan fingerprint density at radius 1 is 1.31 bits per heavy atom. The second-order valence-corrected chi connectivity index (χ2v) is 3.70. The maximum Gasteiger partial charge on any atom is 0.0757 e. The Morgan fingerprint density at radius 3 is 2.92 bits per heavy atom. The average Bonchev–Trinajstić information content (AvgIpc) is 2.18. The van der Waals surface area contributed by atoms with E-state index in [0.717, 1.165) is 26.8 Å². The van der Waals surface area contributed by atoms with Crippen LogP contribution in [0.2, 0.25) is 5.02 Å². The van der Waals surface area contributed by atoms with Gasteiger partial charge >= 0.3 is 0 Å². The summed E-state index contributed by atoms with van der Waals surface area (Å²) < 4.78 is 0. The highest BCUT2D eigenvalue weighted by atomic mass is 79.9. The number of halogens is 2. The van der Waals surface area contributed by atoms with Crippen LogP contribution in [-0.4, -0.2) is 4.98 Å². The Hall–Kier alpha value is -0.600. The molecule has 0 bridgehead atoms. The van der Waals surface area contributed by atoms with Crippen LogP contribution in [0.15, 0.2) is 30.5 Å². The Morgan fingerprint density at radius 2 is 2.15 bits per heavy atom. The molecule has 0 spiro atoms. The Bertz CT molecular complexity index is 442. The monoisotopic (exact) mass is 255 g/mol. The highest BCUT2D eigenvalue weighted by molar-refractivity contribution is 9.08. The van der Waals surface area contributed by atoms with Gasteiger partial charge in [-0.25, -0.2) is 0 Å². The van der Waals surface area contributed by atoms with Crippen LogP contribution in [0, 0.1) is 0 Å². The van der Waals surface area contributed by atoms with Crippen LogP contribution in [0.3, 0.4) is 0 Å². The fourth-order valence-corrected chi connectivity index (χ4v) is 2.26. The first-order valence-electron chi connectivity index (χ1n) is 3.91. The maximum atomic E-state index is 6.03. The fraction of sp³-hybridized carbons (Fsp3) is 0.100. The van der Waals surface area contributed by atoms with Crippen molar-refractivity contribution in [3.8, 4) is 0 Å². The molecule has 0 aliphatic rings. The minimum atomic E-state index is 0.736. The van der Waals surface area contributed by atoms with E-state index in [1.54, 1.807) is 6.20 Å². The predicted octanol–water partition coefficient (Wildman–Crippen LogP) is 3.78. The van der Waals surface area contributed by atoms with E-state index in [1.165, 1.54) is 0 Å². The van der Waals surface area contributed by atoms with E-state index in [0.29, 0.717) is 0 Å². The van der Waals surface area contributed by atoms with E-state index in [1.807, 2.05) is 24.3 Å². The van der Waals surface area contributed by atoms with Crippen LogP contribution < -0.4 is 0 Å². The molecular formula is C10H7BrClN. The molecule has 0 N–H and O–H groups in total. The number of aromatic nitrogens is 1. The van der Waals surface area contributed by atoms with Gasteiger partial charge in [0.05, 0.1) is 5.52 Å². The normalized spacial score (nSPS) is 10.6. The number of hydrogen-bond donors (Lipinski definition) is 0. The van der Waals surface area contributed by atoms with E-state index < -0.39 is 0 Å². The second-order valence-electron chi connectivity index (χ2n) is 2.73. The van der Waals surface area contributed by atoms with Crippen molar-refractivity contribution in [2.24, 2.45) is 0 Å². The van der Waals surface area contributed by atoms with Crippen molar-refractivity contribution in [2.45, 2.75) is 5.33 Å². The number of nitrogens with zero attached hydrogens (tertiary/aromatic N) is 1. The molecule has 0 radical (unpaired) electrons. The summed E-state index contributed by atoms with van der Waals surface area (Å²) in [5.41, 5.74) is 2.03. The van der Waals surface area contributed by atoms with Gasteiger partial charge in [0.2, 0.25) is 0 Å². The standard InChI is InChI=1S/C10H7BrClN/c11-6-8-9(12)4-3-7-2-1-5-13-10(7)8/h1-5H,6H2. The van der Waals surface area contributed by atoms with Crippen molar-refractivity contribution in [3.63, 3.8) is 0 Å². The van der Waals surface area contributed by atoms with Gasteiger partial charge < -0.3 is 0 Å². The summed E-state index contributed by atoms with van der Waals surface area (Å²) in [7, 11) is 0. The number of rotatable bonds is 1.